The summed E-state index contributed by atoms with van der Waals surface area (Å²) in [7, 11) is -4.69. The largest absolute Gasteiger partial charge is 0.297 e. The molecule has 1 aromatic carbocycles. The molecule has 82 valence electrons. The first-order chi connectivity index (χ1) is 6.75. The molecule has 0 radical (unpaired) electrons. The van der Waals surface area contributed by atoms with Crippen LogP contribution < -0.4 is 0 Å². The predicted octanol–water partition coefficient (Wildman–Crippen LogP) is 2.15. The number of hydrogen-bond donors (Lipinski definition) is 1. The zero-order valence-corrected chi connectivity index (χ0v) is 9.17. The third-order valence-corrected chi connectivity index (χ3v) is 3.34. The summed E-state index contributed by atoms with van der Waals surface area (Å²) in [5, 5.41) is 9.32. The lowest BCUT2D eigenvalue weighted by molar-refractivity contribution is -0.384. The van der Waals surface area contributed by atoms with Gasteiger partial charge in [0.15, 0.2) is 0 Å². The third-order valence-electron chi connectivity index (χ3n) is 1.48. The zero-order valence-electron chi connectivity index (χ0n) is 6.85. The minimum Gasteiger partial charge on any atom is -0.282 e. The van der Waals surface area contributed by atoms with Crippen molar-refractivity contribution in [2.24, 2.45) is 0 Å². The fourth-order valence-electron chi connectivity index (χ4n) is 0.900. The second-order valence-corrected chi connectivity index (χ2v) is 4.59. The number of nitro groups is 1. The molecule has 0 unspecified atom stereocenters. The summed E-state index contributed by atoms with van der Waals surface area (Å²) < 4.78 is 30.4. The van der Waals surface area contributed by atoms with Gasteiger partial charge in [-0.1, -0.05) is 23.2 Å². The van der Waals surface area contributed by atoms with Crippen molar-refractivity contribution < 1.29 is 17.9 Å². The van der Waals surface area contributed by atoms with Crippen LogP contribution in [0.25, 0.3) is 0 Å². The number of rotatable bonds is 2. The Labute approximate surface area is 94.3 Å². The first-order valence-electron chi connectivity index (χ1n) is 3.35. The molecule has 0 fully saturated rings. The summed E-state index contributed by atoms with van der Waals surface area (Å²) in [4.78, 5) is 8.67. The van der Waals surface area contributed by atoms with E-state index >= 15 is 0 Å². The van der Waals surface area contributed by atoms with Crippen molar-refractivity contribution in [3.05, 3.63) is 32.3 Å². The first kappa shape index (κ1) is 12.2. The number of hydrogen-bond acceptors (Lipinski definition) is 4. The smallest absolute Gasteiger partial charge is 0.282 e. The van der Waals surface area contributed by atoms with Gasteiger partial charge in [-0.15, -0.1) is 0 Å². The number of nitrogens with zero attached hydrogens (tertiary/aromatic N) is 1. The lowest BCUT2D eigenvalue weighted by Crippen LogP contribution is -2.02. The van der Waals surface area contributed by atoms with Crippen molar-refractivity contribution in [3.8, 4) is 0 Å². The maximum atomic E-state index is 10.8. The molecular formula is C6H3Cl2NO5S. The van der Waals surface area contributed by atoms with Gasteiger partial charge in [0.05, 0.1) is 9.95 Å². The van der Waals surface area contributed by atoms with E-state index in [4.69, 9.17) is 27.8 Å². The standard InChI is InChI=1S/C6H3Cl2NO5S/c7-3-1-2-4(9(10)11)5(8)6(3)15(12,13)14/h1-2H,(H,12,13,14). The summed E-state index contributed by atoms with van der Waals surface area (Å²) in [6.45, 7) is 0. The lowest BCUT2D eigenvalue weighted by atomic mass is 10.3. The van der Waals surface area contributed by atoms with Crippen LogP contribution in [0, 0.1) is 10.1 Å². The fourth-order valence-corrected chi connectivity index (χ4v) is 2.57. The van der Waals surface area contributed by atoms with Gasteiger partial charge >= 0.3 is 0 Å². The van der Waals surface area contributed by atoms with Gasteiger partial charge in [-0.25, -0.2) is 0 Å². The SMILES string of the molecule is O=[N+]([O-])c1ccc(Cl)c(S(=O)(=O)O)c1Cl. The molecule has 0 saturated heterocycles. The molecule has 1 aromatic rings. The number of benzene rings is 1. The van der Waals surface area contributed by atoms with Gasteiger partial charge in [-0.05, 0) is 6.07 Å². The normalized spacial score (nSPS) is 11.4. The Kier molecular flexibility index (Phi) is 3.19. The van der Waals surface area contributed by atoms with Gasteiger partial charge < -0.3 is 0 Å². The summed E-state index contributed by atoms with van der Waals surface area (Å²) in [6.07, 6.45) is 0. The van der Waals surface area contributed by atoms with E-state index in [1.54, 1.807) is 0 Å². The average Bonchev–Trinajstić information content (AvgIpc) is 2.00. The first-order valence-corrected chi connectivity index (χ1v) is 5.54. The van der Waals surface area contributed by atoms with Crippen molar-refractivity contribution in [3.63, 3.8) is 0 Å². The molecule has 9 heteroatoms. The van der Waals surface area contributed by atoms with E-state index < -0.39 is 30.6 Å². The maximum absolute atomic E-state index is 10.8. The molecule has 0 aliphatic rings. The van der Waals surface area contributed by atoms with Gasteiger partial charge in [-0.3, -0.25) is 14.7 Å². The quantitative estimate of drug-likeness (QED) is 0.505. The Morgan fingerprint density at radius 3 is 2.27 bits per heavy atom. The Balaban J connectivity index is 3.66. The average molecular weight is 272 g/mol. The second-order valence-electron chi connectivity index (χ2n) is 2.44. The Hall–Kier alpha value is -0.890. The molecule has 15 heavy (non-hydrogen) atoms. The molecule has 1 N–H and O–H groups in total. The van der Waals surface area contributed by atoms with Gasteiger partial charge in [0, 0.05) is 6.07 Å². The highest BCUT2D eigenvalue weighted by atomic mass is 35.5. The highest BCUT2D eigenvalue weighted by molar-refractivity contribution is 7.86. The number of halogens is 2. The monoisotopic (exact) mass is 271 g/mol. The van der Waals surface area contributed by atoms with E-state index in [0.717, 1.165) is 12.1 Å². The Morgan fingerprint density at radius 1 is 1.33 bits per heavy atom. The Bertz CT molecular complexity index is 527. The summed E-state index contributed by atoms with van der Waals surface area (Å²) >= 11 is 10.9. The highest BCUT2D eigenvalue weighted by Crippen LogP contribution is 2.35. The van der Waals surface area contributed by atoms with E-state index in [0.29, 0.717) is 0 Å². The third kappa shape index (κ3) is 2.37. The summed E-state index contributed by atoms with van der Waals surface area (Å²) in [6, 6.07) is 1.91. The molecule has 0 spiro atoms. The van der Waals surface area contributed by atoms with E-state index in [-0.39, 0.29) is 5.02 Å². The van der Waals surface area contributed by atoms with Crippen molar-refractivity contribution in [2.45, 2.75) is 4.90 Å². The summed E-state index contributed by atoms with van der Waals surface area (Å²) in [5.74, 6) is 0. The van der Waals surface area contributed by atoms with Gasteiger partial charge in [0.1, 0.15) is 9.92 Å². The van der Waals surface area contributed by atoms with Crippen LogP contribution in [0.1, 0.15) is 0 Å². The lowest BCUT2D eigenvalue weighted by Gasteiger charge is -2.03. The zero-order chi connectivity index (χ0) is 11.8. The molecule has 0 aliphatic heterocycles. The van der Waals surface area contributed by atoms with Crippen molar-refractivity contribution in [1.82, 2.24) is 0 Å². The van der Waals surface area contributed by atoms with Crippen LogP contribution in [0.5, 0.6) is 0 Å². The van der Waals surface area contributed by atoms with Crippen LogP contribution >= 0.6 is 23.2 Å². The van der Waals surface area contributed by atoms with Crippen LogP contribution in [0.3, 0.4) is 0 Å². The second kappa shape index (κ2) is 3.93. The van der Waals surface area contributed by atoms with Crippen molar-refractivity contribution >= 4 is 39.0 Å². The van der Waals surface area contributed by atoms with Crippen LogP contribution in [0.4, 0.5) is 5.69 Å². The van der Waals surface area contributed by atoms with Crippen LogP contribution in [-0.2, 0) is 10.1 Å². The molecule has 0 aromatic heterocycles. The number of nitro benzene ring substituents is 1. The highest BCUT2D eigenvalue weighted by Gasteiger charge is 2.26. The van der Waals surface area contributed by atoms with E-state index in [9.17, 15) is 18.5 Å². The fraction of sp³-hybridized carbons (Fsp3) is 0. The van der Waals surface area contributed by atoms with Crippen molar-refractivity contribution in [1.29, 1.82) is 0 Å². The van der Waals surface area contributed by atoms with Gasteiger partial charge in [-0.2, -0.15) is 8.42 Å². The Morgan fingerprint density at radius 2 is 1.87 bits per heavy atom. The molecule has 0 aliphatic carbocycles. The van der Waals surface area contributed by atoms with E-state index in [1.165, 1.54) is 0 Å². The van der Waals surface area contributed by atoms with Gasteiger partial charge in [0.25, 0.3) is 15.8 Å². The predicted molar refractivity (Wildman–Crippen MR) is 52.9 cm³/mol. The minimum absolute atomic E-state index is 0.381. The molecular weight excluding hydrogens is 269 g/mol. The van der Waals surface area contributed by atoms with Crippen molar-refractivity contribution in [2.75, 3.05) is 0 Å². The minimum atomic E-state index is -4.69. The molecule has 0 heterocycles. The topological polar surface area (TPSA) is 97.5 Å². The maximum Gasteiger partial charge on any atom is 0.297 e. The van der Waals surface area contributed by atoms with Gasteiger partial charge in [0.2, 0.25) is 0 Å². The van der Waals surface area contributed by atoms with E-state index in [1.807, 2.05) is 0 Å². The molecule has 0 bridgehead atoms. The molecule has 6 nitrogen and oxygen atoms in total. The summed E-state index contributed by atoms with van der Waals surface area (Å²) in [5.41, 5.74) is -0.645. The molecule has 0 saturated carbocycles. The van der Waals surface area contributed by atoms with Crippen LogP contribution in [0.15, 0.2) is 17.0 Å². The van der Waals surface area contributed by atoms with Crippen LogP contribution in [0.2, 0.25) is 10.0 Å². The molecule has 0 atom stereocenters. The van der Waals surface area contributed by atoms with E-state index in [2.05, 4.69) is 0 Å². The molecule has 0 amide bonds. The van der Waals surface area contributed by atoms with Crippen LogP contribution in [-0.4, -0.2) is 17.9 Å². The molecule has 1 rings (SSSR count).